The van der Waals surface area contributed by atoms with Crippen LogP contribution in [0.25, 0.3) is 0 Å². The molecule has 0 spiro atoms. The molecule has 0 saturated carbocycles. The lowest BCUT2D eigenvalue weighted by Gasteiger charge is -2.16. The van der Waals surface area contributed by atoms with E-state index in [-0.39, 0.29) is 24.7 Å². The number of rotatable bonds is 8. The summed E-state index contributed by atoms with van der Waals surface area (Å²) in [4.78, 5) is 21.2. The maximum atomic E-state index is 13.9. The van der Waals surface area contributed by atoms with Gasteiger partial charge in [-0.2, -0.15) is 13.9 Å². The number of aryl methyl sites for hydroxylation is 1. The van der Waals surface area contributed by atoms with Crippen molar-refractivity contribution in [2.45, 2.75) is 31.7 Å². The summed E-state index contributed by atoms with van der Waals surface area (Å²) in [5, 5.41) is 0.251. The molecular formula is C21H21ClF2N4O3. The molecule has 2 aromatic heterocycles. The average molecular weight is 451 g/mol. The summed E-state index contributed by atoms with van der Waals surface area (Å²) in [6, 6.07) is 8.10. The van der Waals surface area contributed by atoms with Crippen LogP contribution in [0.5, 0.6) is 5.75 Å². The summed E-state index contributed by atoms with van der Waals surface area (Å²) in [5.41, 5.74) is 1.00. The third-order valence-electron chi connectivity index (χ3n) is 4.47. The van der Waals surface area contributed by atoms with Crippen molar-refractivity contribution in [3.8, 4) is 5.75 Å². The van der Waals surface area contributed by atoms with Crippen molar-refractivity contribution in [1.82, 2.24) is 19.7 Å². The number of methoxy groups -OCH3 is 1. The highest BCUT2D eigenvalue weighted by Crippen LogP contribution is 2.35. The summed E-state index contributed by atoms with van der Waals surface area (Å²) in [6.45, 7) is 3.65. The van der Waals surface area contributed by atoms with Gasteiger partial charge >= 0.3 is 11.4 Å². The fourth-order valence-corrected chi connectivity index (χ4v) is 3.06. The molecule has 10 heteroatoms. The van der Waals surface area contributed by atoms with E-state index in [2.05, 4.69) is 15.1 Å². The molecule has 0 aliphatic heterocycles. The van der Waals surface area contributed by atoms with E-state index in [1.807, 2.05) is 0 Å². The van der Waals surface area contributed by atoms with Crippen molar-refractivity contribution in [1.29, 1.82) is 0 Å². The van der Waals surface area contributed by atoms with E-state index in [9.17, 15) is 13.6 Å². The van der Waals surface area contributed by atoms with Crippen LogP contribution in [0.1, 0.15) is 41.2 Å². The van der Waals surface area contributed by atoms with Gasteiger partial charge in [0.05, 0.1) is 26.0 Å². The van der Waals surface area contributed by atoms with Crippen molar-refractivity contribution in [2.24, 2.45) is 0 Å². The molecule has 164 valence electrons. The van der Waals surface area contributed by atoms with Crippen LogP contribution >= 0.6 is 11.6 Å². The molecular weight excluding hydrogens is 430 g/mol. The molecule has 0 saturated heterocycles. The first-order valence-electron chi connectivity index (χ1n) is 9.46. The Bertz CT molecular complexity index is 1030. The average Bonchev–Trinajstić information content (AvgIpc) is 3.14. The zero-order valence-electron chi connectivity index (χ0n) is 17.2. The van der Waals surface area contributed by atoms with Crippen molar-refractivity contribution >= 4 is 17.6 Å². The first-order valence-corrected chi connectivity index (χ1v) is 9.83. The molecule has 0 amide bonds. The third kappa shape index (κ3) is 5.35. The Morgan fingerprint density at radius 3 is 2.42 bits per heavy atom. The minimum absolute atomic E-state index is 0.104. The first kappa shape index (κ1) is 22.6. The highest BCUT2D eigenvalue weighted by molar-refractivity contribution is 6.21. The zero-order valence-corrected chi connectivity index (χ0v) is 17.9. The zero-order chi connectivity index (χ0) is 22.6. The van der Waals surface area contributed by atoms with E-state index in [1.165, 1.54) is 17.1 Å². The highest BCUT2D eigenvalue weighted by atomic mass is 35.5. The van der Waals surface area contributed by atoms with Crippen LogP contribution in [0, 0.1) is 6.92 Å². The Labute approximate surface area is 183 Å². The number of ether oxygens (including phenoxy) is 2. The van der Waals surface area contributed by atoms with Gasteiger partial charge in [-0.25, -0.2) is 9.97 Å². The van der Waals surface area contributed by atoms with Gasteiger partial charge in [-0.1, -0.05) is 12.1 Å². The standard InChI is InChI=1S/C21H21ClF2N4O3/c1-4-31-20(29)18(19-25-10-13(2)11-26-19)16-9-17(21(22,23)24)27-28(16)12-14-5-7-15(30-3)8-6-14/h5-11,18H,4,12H2,1-3H3. The lowest BCUT2D eigenvalue weighted by molar-refractivity contribution is -0.144. The van der Waals surface area contributed by atoms with Crippen molar-refractivity contribution in [2.75, 3.05) is 13.7 Å². The summed E-state index contributed by atoms with van der Waals surface area (Å²) in [5.74, 6) is -1.06. The number of hydrogen-bond acceptors (Lipinski definition) is 6. The second-order valence-electron chi connectivity index (χ2n) is 6.76. The maximum absolute atomic E-state index is 13.9. The molecule has 0 aliphatic carbocycles. The van der Waals surface area contributed by atoms with Crippen molar-refractivity contribution in [3.05, 3.63) is 71.1 Å². The molecule has 0 aliphatic rings. The lowest BCUT2D eigenvalue weighted by atomic mass is 10.0. The molecule has 0 bridgehead atoms. The second-order valence-corrected chi connectivity index (χ2v) is 7.24. The molecule has 0 N–H and O–H groups in total. The number of hydrogen-bond donors (Lipinski definition) is 0. The predicted molar refractivity (Wildman–Crippen MR) is 109 cm³/mol. The van der Waals surface area contributed by atoms with Crippen molar-refractivity contribution in [3.63, 3.8) is 0 Å². The summed E-state index contributed by atoms with van der Waals surface area (Å²) in [6.07, 6.45) is 3.08. The number of carbonyl (C=O) groups excluding carboxylic acids is 1. The largest absolute Gasteiger partial charge is 0.497 e. The van der Waals surface area contributed by atoms with Gasteiger partial charge < -0.3 is 9.47 Å². The summed E-state index contributed by atoms with van der Waals surface area (Å²) in [7, 11) is 1.54. The topological polar surface area (TPSA) is 79.1 Å². The van der Waals surface area contributed by atoms with Crippen molar-refractivity contribution < 1.29 is 23.0 Å². The van der Waals surface area contributed by atoms with E-state index < -0.39 is 23.0 Å². The summed E-state index contributed by atoms with van der Waals surface area (Å²) >= 11 is 5.23. The number of benzene rings is 1. The Balaban J connectivity index is 2.10. The third-order valence-corrected chi connectivity index (χ3v) is 4.66. The lowest BCUT2D eigenvalue weighted by Crippen LogP contribution is -2.23. The Morgan fingerprint density at radius 1 is 1.23 bits per heavy atom. The minimum Gasteiger partial charge on any atom is -0.497 e. The maximum Gasteiger partial charge on any atom is 0.366 e. The van der Waals surface area contributed by atoms with Gasteiger partial charge in [0.15, 0.2) is 5.92 Å². The molecule has 2 heterocycles. The van der Waals surface area contributed by atoms with Crippen LogP contribution in [-0.2, 0) is 21.5 Å². The Kier molecular flexibility index (Phi) is 6.84. The number of nitrogens with zero attached hydrogens (tertiary/aromatic N) is 4. The van der Waals surface area contributed by atoms with Gasteiger partial charge in [0, 0.05) is 12.4 Å². The van der Waals surface area contributed by atoms with Crippen LogP contribution in [0.3, 0.4) is 0 Å². The molecule has 7 nitrogen and oxygen atoms in total. The number of carbonyl (C=O) groups is 1. The molecule has 0 fully saturated rings. The Morgan fingerprint density at radius 2 is 1.87 bits per heavy atom. The number of alkyl halides is 3. The fraction of sp³-hybridized carbons (Fsp3) is 0.333. The molecule has 3 rings (SSSR count). The van der Waals surface area contributed by atoms with E-state index in [1.54, 1.807) is 45.2 Å². The first-order chi connectivity index (χ1) is 14.7. The normalized spacial score (nSPS) is 12.5. The van der Waals surface area contributed by atoms with Gasteiger partial charge in [-0.15, -0.1) is 0 Å². The molecule has 3 aromatic rings. The van der Waals surface area contributed by atoms with E-state index in [4.69, 9.17) is 21.1 Å². The molecule has 31 heavy (non-hydrogen) atoms. The molecule has 0 radical (unpaired) electrons. The SMILES string of the molecule is CCOC(=O)C(c1ncc(C)cn1)c1cc(C(F)(F)Cl)nn1Cc1ccc(OC)cc1. The predicted octanol–water partition coefficient (Wildman–Crippen LogP) is 4.02. The smallest absolute Gasteiger partial charge is 0.366 e. The van der Waals surface area contributed by atoms with Gasteiger partial charge in [-0.05, 0) is 54.8 Å². The number of esters is 1. The van der Waals surface area contributed by atoms with Gasteiger partial charge in [-0.3, -0.25) is 9.48 Å². The molecule has 1 unspecified atom stereocenters. The molecule has 1 atom stereocenters. The monoisotopic (exact) mass is 450 g/mol. The van der Waals surface area contributed by atoms with Gasteiger partial charge in [0.25, 0.3) is 0 Å². The molecule has 1 aromatic carbocycles. The number of halogens is 3. The minimum atomic E-state index is -3.72. The summed E-state index contributed by atoms with van der Waals surface area (Å²) < 4.78 is 39.4. The Hall–Kier alpha value is -3.07. The fourth-order valence-electron chi connectivity index (χ4n) is 2.97. The van der Waals surface area contributed by atoms with Crippen LogP contribution < -0.4 is 4.74 Å². The highest BCUT2D eigenvalue weighted by Gasteiger charge is 2.37. The quantitative estimate of drug-likeness (QED) is 0.381. The van der Waals surface area contributed by atoms with Crippen LogP contribution in [0.4, 0.5) is 8.78 Å². The van der Waals surface area contributed by atoms with Crippen LogP contribution in [-0.4, -0.2) is 39.4 Å². The van der Waals surface area contributed by atoms with Crippen LogP contribution in [0.2, 0.25) is 0 Å². The van der Waals surface area contributed by atoms with Gasteiger partial charge in [0.2, 0.25) is 0 Å². The van der Waals surface area contributed by atoms with E-state index in [0.717, 1.165) is 17.2 Å². The second kappa shape index (κ2) is 9.38. The van der Waals surface area contributed by atoms with E-state index >= 15 is 0 Å². The number of aromatic nitrogens is 4. The van der Waals surface area contributed by atoms with Crippen LogP contribution in [0.15, 0.2) is 42.7 Å². The van der Waals surface area contributed by atoms with Gasteiger partial charge in [0.1, 0.15) is 17.3 Å². The van der Waals surface area contributed by atoms with E-state index in [0.29, 0.717) is 5.75 Å².